The molecule has 1 fully saturated rings. The molecule has 0 saturated heterocycles. The van der Waals surface area contributed by atoms with E-state index in [0.717, 1.165) is 22.6 Å². The van der Waals surface area contributed by atoms with Crippen molar-refractivity contribution in [2.45, 2.75) is 18.8 Å². The van der Waals surface area contributed by atoms with Gasteiger partial charge in [-0.05, 0) is 37.1 Å². The van der Waals surface area contributed by atoms with E-state index in [-0.39, 0.29) is 0 Å². The summed E-state index contributed by atoms with van der Waals surface area (Å²) < 4.78 is 3.77. The van der Waals surface area contributed by atoms with Gasteiger partial charge in [0.05, 0.1) is 23.3 Å². The molecule has 0 unspecified atom stereocenters. The Bertz CT molecular complexity index is 1070. The first kappa shape index (κ1) is 15.7. The summed E-state index contributed by atoms with van der Waals surface area (Å²) in [5.74, 6) is 1.21. The molecule has 0 spiro atoms. The second kappa shape index (κ2) is 6.35. The topological polar surface area (TPSA) is 73.5 Å². The number of nitrogens with zero attached hydrogens (tertiary/aromatic N) is 6. The number of nitrogens with one attached hydrogen (secondary N) is 1. The number of aryl methyl sites for hydroxylation is 1. The third kappa shape index (κ3) is 3.19. The van der Waals surface area contributed by atoms with Crippen LogP contribution >= 0.6 is 0 Å². The van der Waals surface area contributed by atoms with E-state index in [4.69, 9.17) is 0 Å². The first-order valence-corrected chi connectivity index (χ1v) is 9.00. The summed E-state index contributed by atoms with van der Waals surface area (Å²) in [5.41, 5.74) is 5.14. The van der Waals surface area contributed by atoms with Crippen LogP contribution in [0, 0.1) is 0 Å². The molecule has 1 aromatic carbocycles. The van der Waals surface area contributed by atoms with Crippen LogP contribution in [-0.2, 0) is 7.05 Å². The van der Waals surface area contributed by atoms with Gasteiger partial charge in [-0.25, -0.2) is 14.6 Å². The summed E-state index contributed by atoms with van der Waals surface area (Å²) in [6, 6.07) is 12.3. The summed E-state index contributed by atoms with van der Waals surface area (Å²) in [7, 11) is 1.87. The van der Waals surface area contributed by atoms with Crippen LogP contribution in [0.1, 0.15) is 24.5 Å². The van der Waals surface area contributed by atoms with Gasteiger partial charge >= 0.3 is 0 Å². The maximum absolute atomic E-state index is 4.61. The van der Waals surface area contributed by atoms with Crippen LogP contribution in [0.5, 0.6) is 0 Å². The standard InChI is InChI=1S/C20H19N7/c1-26-13-16(12-23-26)24-20-21-10-8-18(25-20)14-4-6-17(7-5-14)27-19(9-11-22-27)15-2-3-15/h4-13,15H,2-3H2,1H3,(H,21,24,25). The summed E-state index contributed by atoms with van der Waals surface area (Å²) in [4.78, 5) is 8.91. The quantitative estimate of drug-likeness (QED) is 0.590. The highest BCUT2D eigenvalue weighted by Crippen LogP contribution is 2.40. The lowest BCUT2D eigenvalue weighted by Crippen LogP contribution is -2.01. The normalized spacial score (nSPS) is 13.7. The molecule has 0 bridgehead atoms. The van der Waals surface area contributed by atoms with Crippen LogP contribution < -0.4 is 5.32 Å². The van der Waals surface area contributed by atoms with Crippen molar-refractivity contribution < 1.29 is 0 Å². The minimum atomic E-state index is 0.549. The first-order chi connectivity index (χ1) is 13.3. The fourth-order valence-corrected chi connectivity index (χ4v) is 3.19. The second-order valence-corrected chi connectivity index (χ2v) is 6.78. The van der Waals surface area contributed by atoms with Crippen molar-refractivity contribution in [1.82, 2.24) is 29.5 Å². The van der Waals surface area contributed by atoms with E-state index in [2.05, 4.69) is 55.8 Å². The lowest BCUT2D eigenvalue weighted by atomic mass is 10.1. The lowest BCUT2D eigenvalue weighted by Gasteiger charge is -2.08. The Morgan fingerprint density at radius 3 is 2.59 bits per heavy atom. The molecule has 0 aliphatic heterocycles. The van der Waals surface area contributed by atoms with E-state index in [9.17, 15) is 0 Å². The van der Waals surface area contributed by atoms with E-state index < -0.39 is 0 Å². The van der Waals surface area contributed by atoms with E-state index in [1.54, 1.807) is 17.1 Å². The highest BCUT2D eigenvalue weighted by atomic mass is 15.3. The van der Waals surface area contributed by atoms with Gasteiger partial charge in [-0.2, -0.15) is 10.2 Å². The molecule has 7 heteroatoms. The summed E-state index contributed by atoms with van der Waals surface area (Å²) in [6.45, 7) is 0. The number of rotatable bonds is 5. The molecule has 5 rings (SSSR count). The molecule has 0 amide bonds. The van der Waals surface area contributed by atoms with Gasteiger partial charge in [-0.15, -0.1) is 0 Å². The van der Waals surface area contributed by atoms with Gasteiger partial charge in [0.25, 0.3) is 0 Å². The molecule has 3 aromatic heterocycles. The van der Waals surface area contributed by atoms with Gasteiger partial charge in [-0.3, -0.25) is 4.68 Å². The molecule has 7 nitrogen and oxygen atoms in total. The van der Waals surface area contributed by atoms with Crippen LogP contribution in [0.4, 0.5) is 11.6 Å². The fraction of sp³-hybridized carbons (Fsp3) is 0.200. The minimum Gasteiger partial charge on any atom is -0.321 e. The van der Waals surface area contributed by atoms with Gasteiger partial charge in [0.15, 0.2) is 0 Å². The first-order valence-electron chi connectivity index (χ1n) is 9.00. The second-order valence-electron chi connectivity index (χ2n) is 6.78. The van der Waals surface area contributed by atoms with Crippen molar-refractivity contribution in [1.29, 1.82) is 0 Å². The van der Waals surface area contributed by atoms with Crippen LogP contribution in [0.3, 0.4) is 0 Å². The average molecular weight is 357 g/mol. The summed E-state index contributed by atoms with van der Waals surface area (Å²) >= 11 is 0. The van der Waals surface area contributed by atoms with Crippen molar-refractivity contribution in [3.63, 3.8) is 0 Å². The number of aromatic nitrogens is 6. The zero-order valence-electron chi connectivity index (χ0n) is 14.9. The van der Waals surface area contributed by atoms with E-state index in [1.807, 2.05) is 30.2 Å². The lowest BCUT2D eigenvalue weighted by molar-refractivity contribution is 0.768. The molecule has 3 heterocycles. The Balaban J connectivity index is 1.40. The van der Waals surface area contributed by atoms with E-state index in [0.29, 0.717) is 11.9 Å². The summed E-state index contributed by atoms with van der Waals surface area (Å²) in [6.07, 6.45) is 9.78. The van der Waals surface area contributed by atoms with Gasteiger partial charge in [0.1, 0.15) is 0 Å². The molecular weight excluding hydrogens is 338 g/mol. The molecule has 4 aromatic rings. The molecular formula is C20H19N7. The number of hydrogen-bond acceptors (Lipinski definition) is 5. The maximum atomic E-state index is 4.61. The third-order valence-electron chi connectivity index (χ3n) is 4.69. The molecule has 1 saturated carbocycles. The van der Waals surface area contributed by atoms with Crippen LogP contribution in [-0.4, -0.2) is 29.5 Å². The average Bonchev–Trinajstić information content (AvgIpc) is 3.28. The van der Waals surface area contributed by atoms with Crippen LogP contribution in [0.2, 0.25) is 0 Å². The molecule has 1 aliphatic carbocycles. The molecule has 27 heavy (non-hydrogen) atoms. The van der Waals surface area contributed by atoms with Crippen molar-refractivity contribution in [3.05, 3.63) is 66.9 Å². The Labute approximate surface area is 156 Å². The van der Waals surface area contributed by atoms with E-state index >= 15 is 0 Å². The molecule has 1 aliphatic rings. The zero-order chi connectivity index (χ0) is 18.2. The van der Waals surface area contributed by atoms with Gasteiger partial charge in [-0.1, -0.05) is 12.1 Å². The Kier molecular flexibility index (Phi) is 3.71. The highest BCUT2D eigenvalue weighted by Gasteiger charge is 2.27. The van der Waals surface area contributed by atoms with Crippen LogP contribution in [0.15, 0.2) is 61.2 Å². The predicted molar refractivity (Wildman–Crippen MR) is 103 cm³/mol. The Morgan fingerprint density at radius 1 is 1.00 bits per heavy atom. The maximum Gasteiger partial charge on any atom is 0.227 e. The van der Waals surface area contributed by atoms with Crippen molar-refractivity contribution in [2.75, 3.05) is 5.32 Å². The molecule has 1 N–H and O–H groups in total. The monoisotopic (exact) mass is 357 g/mol. The Morgan fingerprint density at radius 2 is 1.85 bits per heavy atom. The summed E-state index contributed by atoms with van der Waals surface area (Å²) in [5, 5.41) is 11.8. The third-order valence-corrected chi connectivity index (χ3v) is 4.69. The van der Waals surface area contributed by atoms with Gasteiger partial charge < -0.3 is 5.32 Å². The number of anilines is 2. The highest BCUT2D eigenvalue weighted by molar-refractivity contribution is 5.63. The smallest absolute Gasteiger partial charge is 0.227 e. The molecule has 134 valence electrons. The number of hydrogen-bond donors (Lipinski definition) is 1. The minimum absolute atomic E-state index is 0.549. The molecule has 0 atom stereocenters. The van der Waals surface area contributed by atoms with Crippen molar-refractivity contribution in [3.8, 4) is 16.9 Å². The Hall–Kier alpha value is -3.48. The van der Waals surface area contributed by atoms with Crippen molar-refractivity contribution in [2.24, 2.45) is 7.05 Å². The number of benzene rings is 1. The predicted octanol–water partition coefficient (Wildman–Crippen LogP) is 3.68. The van der Waals surface area contributed by atoms with E-state index in [1.165, 1.54) is 18.5 Å². The van der Waals surface area contributed by atoms with Crippen LogP contribution in [0.25, 0.3) is 16.9 Å². The van der Waals surface area contributed by atoms with Gasteiger partial charge in [0.2, 0.25) is 5.95 Å². The SMILES string of the molecule is Cn1cc(Nc2nccc(-c3ccc(-n4nccc4C4CC4)cc3)n2)cn1. The van der Waals surface area contributed by atoms with Crippen molar-refractivity contribution >= 4 is 11.6 Å². The largest absolute Gasteiger partial charge is 0.321 e. The molecule has 0 radical (unpaired) electrons. The van der Waals surface area contributed by atoms with Gasteiger partial charge in [0, 0.05) is 42.8 Å². The zero-order valence-corrected chi connectivity index (χ0v) is 14.9. The fourth-order valence-electron chi connectivity index (χ4n) is 3.19.